The second-order valence-corrected chi connectivity index (χ2v) is 6.19. The Labute approximate surface area is 161 Å². The zero-order valence-electron chi connectivity index (χ0n) is 14.8. The van der Waals surface area contributed by atoms with Crippen molar-refractivity contribution in [1.29, 1.82) is 0 Å². The van der Waals surface area contributed by atoms with Gasteiger partial charge in [-0.1, -0.05) is 41.9 Å². The third-order valence-electron chi connectivity index (χ3n) is 4.15. The van der Waals surface area contributed by atoms with Gasteiger partial charge in [-0.2, -0.15) is 0 Å². The Morgan fingerprint density at radius 3 is 2.15 bits per heavy atom. The van der Waals surface area contributed by atoms with Crippen molar-refractivity contribution in [2.45, 2.75) is 5.92 Å². The summed E-state index contributed by atoms with van der Waals surface area (Å²) in [5.41, 5.74) is 1.62. The van der Waals surface area contributed by atoms with Gasteiger partial charge >= 0.3 is 11.9 Å². The monoisotopic (exact) mass is 384 g/mol. The Balaban J connectivity index is 2.18. The summed E-state index contributed by atoms with van der Waals surface area (Å²) in [5.74, 6) is -1.71. The molecule has 0 aliphatic carbocycles. The smallest absolute Gasteiger partial charge is 0.374 e. The molecule has 138 valence electrons. The van der Waals surface area contributed by atoms with Crippen LogP contribution in [0, 0.1) is 0 Å². The molecular formula is C21H17ClO5. The molecule has 6 heteroatoms. The largest absolute Gasteiger partial charge is 0.466 e. The van der Waals surface area contributed by atoms with Gasteiger partial charge in [0, 0.05) is 16.5 Å². The van der Waals surface area contributed by atoms with Crippen molar-refractivity contribution in [3.05, 3.63) is 88.2 Å². The topological polar surface area (TPSA) is 61.8 Å². The van der Waals surface area contributed by atoms with Gasteiger partial charge < -0.3 is 14.2 Å². The van der Waals surface area contributed by atoms with E-state index >= 15 is 0 Å². The first-order valence-electron chi connectivity index (χ1n) is 8.16. The van der Waals surface area contributed by atoms with Crippen LogP contribution in [-0.2, 0) is 23.8 Å². The predicted molar refractivity (Wildman–Crippen MR) is 101 cm³/mol. The summed E-state index contributed by atoms with van der Waals surface area (Å²) in [4.78, 5) is 24.8. The zero-order valence-corrected chi connectivity index (χ0v) is 15.5. The minimum Gasteiger partial charge on any atom is -0.466 e. The first kappa shape index (κ1) is 18.7. The van der Waals surface area contributed by atoms with Gasteiger partial charge in [-0.3, -0.25) is 0 Å². The number of allylic oxidation sites excluding steroid dienone is 1. The molecule has 0 aromatic heterocycles. The first-order chi connectivity index (χ1) is 13.0. The van der Waals surface area contributed by atoms with E-state index in [1.165, 1.54) is 14.2 Å². The lowest BCUT2D eigenvalue weighted by atomic mass is 9.87. The summed E-state index contributed by atoms with van der Waals surface area (Å²) >= 11 is 5.96. The van der Waals surface area contributed by atoms with E-state index in [2.05, 4.69) is 0 Å². The maximum absolute atomic E-state index is 12.5. The summed E-state index contributed by atoms with van der Waals surface area (Å²) in [6.45, 7) is 0. The number of carbonyl (C=O) groups excluding carboxylic acids is 2. The van der Waals surface area contributed by atoms with E-state index in [4.69, 9.17) is 25.8 Å². The molecule has 5 nitrogen and oxygen atoms in total. The molecule has 0 amide bonds. The fourth-order valence-corrected chi connectivity index (χ4v) is 2.97. The highest BCUT2D eigenvalue weighted by atomic mass is 35.5. The summed E-state index contributed by atoms with van der Waals surface area (Å²) < 4.78 is 15.5. The molecule has 2 aromatic carbocycles. The van der Waals surface area contributed by atoms with Crippen molar-refractivity contribution >= 4 is 29.3 Å². The average molecular weight is 385 g/mol. The van der Waals surface area contributed by atoms with Crippen LogP contribution >= 0.6 is 11.6 Å². The highest BCUT2D eigenvalue weighted by molar-refractivity contribution is 6.30. The Bertz CT molecular complexity index is 913. The van der Waals surface area contributed by atoms with Gasteiger partial charge in [0.05, 0.1) is 19.8 Å². The lowest BCUT2D eigenvalue weighted by Gasteiger charge is -2.26. The number of benzene rings is 2. The number of esters is 2. The number of rotatable bonds is 4. The molecule has 0 radical (unpaired) electrons. The Morgan fingerprint density at radius 1 is 0.926 bits per heavy atom. The molecule has 1 heterocycles. The molecule has 1 atom stereocenters. The van der Waals surface area contributed by atoms with Gasteiger partial charge in [0.1, 0.15) is 5.76 Å². The van der Waals surface area contributed by atoms with Crippen molar-refractivity contribution < 1.29 is 23.8 Å². The second-order valence-electron chi connectivity index (χ2n) is 5.75. The molecule has 0 saturated carbocycles. The van der Waals surface area contributed by atoms with Crippen molar-refractivity contribution in [2.24, 2.45) is 0 Å². The van der Waals surface area contributed by atoms with E-state index < -0.39 is 17.9 Å². The van der Waals surface area contributed by atoms with Gasteiger partial charge in [-0.05, 0) is 35.9 Å². The highest BCUT2D eigenvalue weighted by Gasteiger charge is 2.36. The molecule has 0 saturated heterocycles. The quantitative estimate of drug-likeness (QED) is 0.743. The maximum atomic E-state index is 12.5. The standard InChI is InChI=1S/C21H17ClO5/c1-25-20(23)18-16(13-6-4-3-5-7-13)12-17(27-19(18)21(24)26-2)14-8-10-15(22)11-9-14/h3-12,16H,1-2H3. The summed E-state index contributed by atoms with van der Waals surface area (Å²) in [6, 6.07) is 16.3. The highest BCUT2D eigenvalue weighted by Crippen LogP contribution is 2.39. The van der Waals surface area contributed by atoms with Gasteiger partial charge in [0.2, 0.25) is 5.76 Å². The van der Waals surface area contributed by atoms with Gasteiger partial charge in [0.25, 0.3) is 0 Å². The summed E-state index contributed by atoms with van der Waals surface area (Å²) in [7, 11) is 2.48. The van der Waals surface area contributed by atoms with Crippen molar-refractivity contribution in [2.75, 3.05) is 14.2 Å². The van der Waals surface area contributed by atoms with Crippen LogP contribution in [0.25, 0.3) is 5.76 Å². The first-order valence-corrected chi connectivity index (χ1v) is 8.54. The zero-order chi connectivity index (χ0) is 19.4. The summed E-state index contributed by atoms with van der Waals surface area (Å²) in [5, 5.41) is 0.578. The third-order valence-corrected chi connectivity index (χ3v) is 4.40. The van der Waals surface area contributed by atoms with Crippen LogP contribution in [0.2, 0.25) is 5.02 Å². The number of hydrogen-bond acceptors (Lipinski definition) is 5. The van der Waals surface area contributed by atoms with Crippen LogP contribution < -0.4 is 0 Å². The van der Waals surface area contributed by atoms with Crippen LogP contribution in [0.3, 0.4) is 0 Å². The van der Waals surface area contributed by atoms with E-state index in [1.54, 1.807) is 30.3 Å². The predicted octanol–water partition coefficient (Wildman–Crippen LogP) is 4.10. The molecule has 27 heavy (non-hydrogen) atoms. The van der Waals surface area contributed by atoms with E-state index in [0.717, 1.165) is 5.56 Å². The van der Waals surface area contributed by atoms with E-state index in [1.807, 2.05) is 30.3 Å². The van der Waals surface area contributed by atoms with Gasteiger partial charge in [0.15, 0.2) is 0 Å². The Morgan fingerprint density at radius 2 is 1.56 bits per heavy atom. The minimum absolute atomic E-state index is 0.0910. The number of hydrogen-bond donors (Lipinski definition) is 0. The fourth-order valence-electron chi connectivity index (χ4n) is 2.84. The third kappa shape index (κ3) is 3.88. The molecule has 0 bridgehead atoms. The molecule has 1 aliphatic heterocycles. The normalized spacial score (nSPS) is 16.3. The lowest BCUT2D eigenvalue weighted by Crippen LogP contribution is -2.24. The van der Waals surface area contributed by atoms with E-state index in [0.29, 0.717) is 16.3 Å². The Hall–Kier alpha value is -3.05. The molecule has 0 fully saturated rings. The molecule has 1 unspecified atom stereocenters. The van der Waals surface area contributed by atoms with E-state index in [-0.39, 0.29) is 11.3 Å². The van der Waals surface area contributed by atoms with Crippen LogP contribution in [0.1, 0.15) is 17.0 Å². The SMILES string of the molecule is COC(=O)C1=C(C(=O)OC)C(c2ccccc2)C=C(c2ccc(Cl)cc2)O1. The molecule has 3 rings (SSSR count). The van der Waals surface area contributed by atoms with Crippen molar-refractivity contribution in [3.8, 4) is 0 Å². The van der Waals surface area contributed by atoms with Crippen LogP contribution in [0.15, 0.2) is 72.0 Å². The number of carbonyl (C=O) groups is 2. The maximum Gasteiger partial charge on any atom is 0.374 e. The van der Waals surface area contributed by atoms with Crippen LogP contribution in [0.5, 0.6) is 0 Å². The van der Waals surface area contributed by atoms with Crippen LogP contribution in [0.4, 0.5) is 0 Å². The van der Waals surface area contributed by atoms with Crippen molar-refractivity contribution in [3.63, 3.8) is 0 Å². The van der Waals surface area contributed by atoms with Gasteiger partial charge in [-0.15, -0.1) is 0 Å². The van der Waals surface area contributed by atoms with Gasteiger partial charge in [-0.25, -0.2) is 9.59 Å². The van der Waals surface area contributed by atoms with Crippen LogP contribution in [-0.4, -0.2) is 26.2 Å². The van der Waals surface area contributed by atoms with E-state index in [9.17, 15) is 9.59 Å². The van der Waals surface area contributed by atoms with Crippen molar-refractivity contribution in [1.82, 2.24) is 0 Å². The Kier molecular flexibility index (Phi) is 5.62. The second kappa shape index (κ2) is 8.10. The minimum atomic E-state index is -0.754. The number of ether oxygens (including phenoxy) is 3. The molecule has 0 N–H and O–H groups in total. The lowest BCUT2D eigenvalue weighted by molar-refractivity contribution is -0.142. The number of halogens is 1. The number of methoxy groups -OCH3 is 2. The summed E-state index contributed by atoms with van der Waals surface area (Å²) in [6.07, 6.45) is 1.78. The molecule has 2 aromatic rings. The average Bonchev–Trinajstić information content (AvgIpc) is 2.72. The molecular weight excluding hydrogens is 368 g/mol. The molecule has 1 aliphatic rings. The molecule has 0 spiro atoms. The fraction of sp³-hybridized carbons (Fsp3) is 0.143.